The van der Waals surface area contributed by atoms with Crippen LogP contribution < -0.4 is 10.2 Å². The summed E-state index contributed by atoms with van der Waals surface area (Å²) in [6.07, 6.45) is 1.43. The Morgan fingerprint density at radius 3 is 2.38 bits per heavy atom. The third-order valence-corrected chi connectivity index (χ3v) is 4.09. The van der Waals surface area contributed by atoms with Crippen molar-refractivity contribution in [3.05, 3.63) is 57.5 Å². The van der Waals surface area contributed by atoms with Crippen LogP contribution in [0.5, 0.6) is 0 Å². The summed E-state index contributed by atoms with van der Waals surface area (Å²) in [6, 6.07) is 7.59. The Kier molecular flexibility index (Phi) is 4.11. The summed E-state index contributed by atoms with van der Waals surface area (Å²) in [7, 11) is 0. The molecule has 1 aliphatic rings. The molecule has 4 amide bonds. The summed E-state index contributed by atoms with van der Waals surface area (Å²) in [6.45, 7) is 3.51. The van der Waals surface area contributed by atoms with Gasteiger partial charge in [0.15, 0.2) is 0 Å². The number of nitrogens with zero attached hydrogens (tertiary/aromatic N) is 1. The maximum atomic E-state index is 12.7. The van der Waals surface area contributed by atoms with Gasteiger partial charge >= 0.3 is 6.03 Å². The minimum Gasteiger partial charge on any atom is -0.466 e. The molecule has 0 aliphatic carbocycles. The Morgan fingerprint density at radius 1 is 1.12 bits per heavy atom. The van der Waals surface area contributed by atoms with E-state index in [1.165, 1.54) is 6.08 Å². The van der Waals surface area contributed by atoms with Crippen LogP contribution in [0.3, 0.4) is 0 Å². The number of carbonyl (C=O) groups is 3. The van der Waals surface area contributed by atoms with E-state index in [1.807, 2.05) is 0 Å². The van der Waals surface area contributed by atoms with Crippen LogP contribution in [0.4, 0.5) is 10.5 Å². The number of nitrogens with one attached hydrogen (secondary N) is 1. The van der Waals surface area contributed by atoms with E-state index >= 15 is 0 Å². The predicted octanol–water partition coefficient (Wildman–Crippen LogP) is 3.33. The smallest absolute Gasteiger partial charge is 0.335 e. The fraction of sp³-hybridized carbons (Fsp3) is 0.118. The van der Waals surface area contributed by atoms with E-state index in [4.69, 9.17) is 4.42 Å². The van der Waals surface area contributed by atoms with Crippen LogP contribution in [0.15, 0.2) is 44.8 Å². The molecule has 3 rings (SSSR count). The van der Waals surface area contributed by atoms with Crippen molar-refractivity contribution < 1.29 is 18.8 Å². The summed E-state index contributed by atoms with van der Waals surface area (Å²) < 4.78 is 6.21. The number of aryl methyl sites for hydroxylation is 2. The van der Waals surface area contributed by atoms with Crippen LogP contribution in [0.2, 0.25) is 0 Å². The van der Waals surface area contributed by atoms with Gasteiger partial charge in [-0.2, -0.15) is 0 Å². The molecule has 6 nitrogen and oxygen atoms in total. The van der Waals surface area contributed by atoms with E-state index in [0.29, 0.717) is 22.8 Å². The lowest BCUT2D eigenvalue weighted by atomic mass is 10.1. The minimum atomic E-state index is -0.774. The molecule has 1 saturated heterocycles. The number of barbiturate groups is 1. The minimum absolute atomic E-state index is 0.124. The van der Waals surface area contributed by atoms with E-state index in [-0.39, 0.29) is 5.57 Å². The lowest BCUT2D eigenvalue weighted by Gasteiger charge is -2.26. The van der Waals surface area contributed by atoms with Gasteiger partial charge in [-0.25, -0.2) is 9.69 Å². The molecule has 0 radical (unpaired) electrons. The van der Waals surface area contributed by atoms with Crippen LogP contribution in [-0.2, 0) is 9.59 Å². The van der Waals surface area contributed by atoms with Crippen molar-refractivity contribution in [2.24, 2.45) is 0 Å². The molecule has 1 aromatic carbocycles. The van der Waals surface area contributed by atoms with Crippen molar-refractivity contribution >= 4 is 45.5 Å². The average molecular weight is 389 g/mol. The monoisotopic (exact) mass is 388 g/mol. The molecule has 7 heteroatoms. The molecule has 1 N–H and O–H groups in total. The van der Waals surface area contributed by atoms with Crippen LogP contribution in [0.1, 0.15) is 17.1 Å². The summed E-state index contributed by atoms with van der Waals surface area (Å²) in [5, 5.41) is 2.19. The van der Waals surface area contributed by atoms with E-state index in [0.717, 1.165) is 9.37 Å². The zero-order valence-corrected chi connectivity index (χ0v) is 14.5. The molecule has 0 saturated carbocycles. The highest BCUT2D eigenvalue weighted by Crippen LogP contribution is 2.25. The van der Waals surface area contributed by atoms with Crippen molar-refractivity contribution in [2.45, 2.75) is 13.8 Å². The largest absolute Gasteiger partial charge is 0.466 e. The van der Waals surface area contributed by atoms with E-state index in [1.54, 1.807) is 44.2 Å². The molecule has 0 bridgehead atoms. The quantitative estimate of drug-likeness (QED) is 0.631. The molecule has 0 unspecified atom stereocenters. The Bertz CT molecular complexity index is 880. The van der Waals surface area contributed by atoms with Crippen molar-refractivity contribution in [2.75, 3.05) is 4.90 Å². The first-order chi connectivity index (χ1) is 11.4. The summed E-state index contributed by atoms with van der Waals surface area (Å²) in [5.41, 5.74) is 0.872. The number of rotatable bonds is 2. The molecule has 24 heavy (non-hydrogen) atoms. The lowest BCUT2D eigenvalue weighted by Crippen LogP contribution is -2.54. The number of carbonyl (C=O) groups excluding carboxylic acids is 3. The van der Waals surface area contributed by atoms with Gasteiger partial charge in [-0.1, -0.05) is 15.9 Å². The van der Waals surface area contributed by atoms with Crippen LogP contribution in [0, 0.1) is 13.8 Å². The van der Waals surface area contributed by atoms with Gasteiger partial charge in [0.25, 0.3) is 11.8 Å². The predicted molar refractivity (Wildman–Crippen MR) is 91.3 cm³/mol. The second kappa shape index (κ2) is 6.09. The number of amides is 4. The van der Waals surface area contributed by atoms with E-state index in [2.05, 4.69) is 21.2 Å². The molecule has 1 aromatic heterocycles. The van der Waals surface area contributed by atoms with Gasteiger partial charge in [-0.15, -0.1) is 0 Å². The fourth-order valence-corrected chi connectivity index (χ4v) is 2.70. The molecular weight excluding hydrogens is 376 g/mol. The highest BCUT2D eigenvalue weighted by atomic mass is 79.9. The van der Waals surface area contributed by atoms with E-state index in [9.17, 15) is 14.4 Å². The molecule has 0 spiro atoms. The molecular formula is C17H13BrN2O4. The van der Waals surface area contributed by atoms with Crippen molar-refractivity contribution in [1.29, 1.82) is 0 Å². The number of halogens is 1. The second-order valence-corrected chi connectivity index (χ2v) is 6.22. The molecule has 122 valence electrons. The lowest BCUT2D eigenvalue weighted by molar-refractivity contribution is -0.122. The number of hydrogen-bond acceptors (Lipinski definition) is 4. The third-order valence-electron chi connectivity index (χ3n) is 3.57. The van der Waals surface area contributed by atoms with Crippen molar-refractivity contribution in [3.63, 3.8) is 0 Å². The zero-order chi connectivity index (χ0) is 17.4. The second-order valence-electron chi connectivity index (χ2n) is 5.30. The molecule has 2 heterocycles. The molecule has 1 fully saturated rings. The van der Waals surface area contributed by atoms with Crippen molar-refractivity contribution in [3.8, 4) is 0 Å². The number of anilines is 1. The summed E-state index contributed by atoms with van der Waals surface area (Å²) in [5.74, 6) is -0.141. The zero-order valence-electron chi connectivity index (χ0n) is 12.9. The Hall–Kier alpha value is -2.67. The number of benzene rings is 1. The van der Waals surface area contributed by atoms with E-state index < -0.39 is 17.8 Å². The van der Waals surface area contributed by atoms with Crippen molar-refractivity contribution in [1.82, 2.24) is 5.32 Å². The number of hydrogen-bond donors (Lipinski definition) is 1. The van der Waals surface area contributed by atoms with Gasteiger partial charge in [0.2, 0.25) is 0 Å². The van der Waals surface area contributed by atoms with Gasteiger partial charge in [0, 0.05) is 10.0 Å². The van der Waals surface area contributed by atoms with Gasteiger partial charge in [-0.05, 0) is 50.3 Å². The summed E-state index contributed by atoms with van der Waals surface area (Å²) >= 11 is 3.30. The Morgan fingerprint density at radius 2 is 1.79 bits per heavy atom. The maximum Gasteiger partial charge on any atom is 0.335 e. The first-order valence-corrected chi connectivity index (χ1v) is 7.90. The summed E-state index contributed by atoms with van der Waals surface area (Å²) in [4.78, 5) is 37.8. The molecule has 0 atom stereocenters. The normalized spacial score (nSPS) is 16.7. The number of urea groups is 1. The maximum absolute atomic E-state index is 12.7. The first-order valence-electron chi connectivity index (χ1n) is 7.11. The SMILES string of the molecule is Cc1cc(/C=C2\C(=O)NC(=O)N(c3ccc(Br)cc3)C2=O)c(C)o1. The van der Waals surface area contributed by atoms with Crippen LogP contribution >= 0.6 is 15.9 Å². The molecule has 2 aromatic rings. The van der Waals surface area contributed by atoms with Crippen LogP contribution in [0.25, 0.3) is 6.08 Å². The van der Waals surface area contributed by atoms with Gasteiger partial charge in [0.1, 0.15) is 17.1 Å². The Labute approximate surface area is 146 Å². The van der Waals surface area contributed by atoms with Crippen LogP contribution in [-0.4, -0.2) is 17.8 Å². The highest BCUT2D eigenvalue weighted by molar-refractivity contribution is 9.10. The Balaban J connectivity index is 2.03. The number of imide groups is 2. The average Bonchev–Trinajstić information content (AvgIpc) is 2.83. The topological polar surface area (TPSA) is 79.6 Å². The van der Waals surface area contributed by atoms with Gasteiger partial charge in [0.05, 0.1) is 5.69 Å². The van der Waals surface area contributed by atoms with Gasteiger partial charge < -0.3 is 4.42 Å². The standard InChI is InChI=1S/C17H13BrN2O4/c1-9-7-11(10(2)24-9)8-14-15(21)19-17(23)20(16(14)22)13-5-3-12(18)4-6-13/h3-8H,1-2H3,(H,19,21,23)/b14-8+. The molecule has 1 aliphatic heterocycles. The first kappa shape index (κ1) is 16.2. The number of furan rings is 1. The highest BCUT2D eigenvalue weighted by Gasteiger charge is 2.36. The fourth-order valence-electron chi connectivity index (χ4n) is 2.43. The third kappa shape index (κ3) is 2.90. The van der Waals surface area contributed by atoms with Gasteiger partial charge in [-0.3, -0.25) is 14.9 Å².